The Morgan fingerprint density at radius 2 is 1.55 bits per heavy atom. The van der Waals surface area contributed by atoms with Gasteiger partial charge in [0.15, 0.2) is 12.1 Å². The maximum absolute atomic E-state index is 13.8. The third kappa shape index (κ3) is 12.0. The van der Waals surface area contributed by atoms with Crippen molar-refractivity contribution < 1.29 is 28.7 Å². The molecule has 2 amide bonds. The Morgan fingerprint density at radius 3 is 2.23 bits per heavy atom. The number of nitrogens with one attached hydrogen (secondary N) is 3. The van der Waals surface area contributed by atoms with Crippen LogP contribution >= 0.6 is 11.6 Å². The normalized spacial score (nSPS) is 15.3. The molecule has 0 saturated carbocycles. The second kappa shape index (κ2) is 23.3. The number of H-pyrrole nitrogens is 1. The van der Waals surface area contributed by atoms with Crippen LogP contribution in [-0.4, -0.2) is 138 Å². The molecule has 0 bridgehead atoms. The summed E-state index contributed by atoms with van der Waals surface area (Å²) < 4.78 is 5.91. The average molecular weight is 919 g/mol. The van der Waals surface area contributed by atoms with Crippen LogP contribution in [0.1, 0.15) is 94.4 Å². The number of likely N-dealkylation sites (N-methyl/N-ethyl adjacent to an activating group) is 2. The molecular formula is C50H60ClN9O6. The minimum absolute atomic E-state index is 0.144. The number of piperazine rings is 1. The van der Waals surface area contributed by atoms with Crippen molar-refractivity contribution in [1.82, 2.24) is 35.0 Å². The summed E-state index contributed by atoms with van der Waals surface area (Å²) in [5, 5.41) is 7.15. The molecule has 15 nitrogen and oxygen atoms in total. The first-order valence-electron chi connectivity index (χ1n) is 23.0. The summed E-state index contributed by atoms with van der Waals surface area (Å²) in [4.78, 5) is 83.5. The molecule has 66 heavy (non-hydrogen) atoms. The van der Waals surface area contributed by atoms with Gasteiger partial charge in [0, 0.05) is 94.9 Å². The van der Waals surface area contributed by atoms with Gasteiger partial charge in [0.25, 0.3) is 5.91 Å². The van der Waals surface area contributed by atoms with Gasteiger partial charge >= 0.3 is 0 Å². The second-order valence-corrected chi connectivity index (χ2v) is 17.5. The number of likely N-dealkylation sites (tertiary alicyclic amines) is 1. The number of amides is 2. The van der Waals surface area contributed by atoms with E-state index in [4.69, 9.17) is 16.3 Å². The van der Waals surface area contributed by atoms with E-state index in [0.717, 1.165) is 83.6 Å². The van der Waals surface area contributed by atoms with E-state index in [-0.39, 0.29) is 41.7 Å². The number of anilines is 2. The number of nitrogens with zero attached hydrogens (tertiary/aromatic N) is 6. The number of hydrogen-bond acceptors (Lipinski definition) is 12. The topological polar surface area (TPSA) is 173 Å². The number of aromatic amines is 1. The van der Waals surface area contributed by atoms with Crippen molar-refractivity contribution in [3.8, 4) is 11.5 Å². The molecule has 7 rings (SSSR count). The van der Waals surface area contributed by atoms with Crippen LogP contribution in [0.4, 0.5) is 11.5 Å². The first-order valence-corrected chi connectivity index (χ1v) is 23.4. The van der Waals surface area contributed by atoms with Crippen molar-refractivity contribution >= 4 is 64.3 Å². The minimum Gasteiger partial charge on any atom is -0.457 e. The van der Waals surface area contributed by atoms with Crippen molar-refractivity contribution in [2.75, 3.05) is 76.7 Å². The number of unbranched alkanes of at least 4 members (excludes halogenated alkanes) is 4. The molecule has 348 valence electrons. The third-order valence-electron chi connectivity index (χ3n) is 12.8. The number of carbonyl (C=O) groups excluding carboxylic acids is 5. The van der Waals surface area contributed by atoms with Crippen molar-refractivity contribution in [3.63, 3.8) is 0 Å². The van der Waals surface area contributed by atoms with Crippen LogP contribution in [0.25, 0.3) is 11.0 Å². The molecule has 16 heteroatoms. The lowest BCUT2D eigenvalue weighted by Crippen LogP contribution is -2.47. The monoisotopic (exact) mass is 917 g/mol. The molecule has 0 spiro atoms. The summed E-state index contributed by atoms with van der Waals surface area (Å²) in [6.45, 7) is 7.67. The predicted octanol–water partition coefficient (Wildman–Crippen LogP) is 7.26. The zero-order valence-electron chi connectivity index (χ0n) is 37.8. The van der Waals surface area contributed by atoms with Gasteiger partial charge in [-0.3, -0.25) is 24.1 Å². The SMILES string of the molecule is CNC(=O)C(CCC=O)N(C)C(=O)c1ccc(N2CCN(CCCCCCCN3CCC(Nc4ncnc5[nH]cc(C(=O)c6ccc(Oc7ccccc7)cc6Cl)c45)CC3)CC2)cc1C=O. The number of aldehydes is 2. The minimum atomic E-state index is -0.815. The van der Waals surface area contributed by atoms with E-state index in [1.165, 1.54) is 51.0 Å². The number of para-hydroxylation sites is 1. The van der Waals surface area contributed by atoms with Gasteiger partial charge in [-0.2, -0.15) is 0 Å². The van der Waals surface area contributed by atoms with E-state index in [2.05, 4.69) is 40.3 Å². The molecule has 2 aliphatic heterocycles. The number of benzene rings is 3. The molecule has 3 aromatic carbocycles. The molecule has 2 aliphatic rings. The van der Waals surface area contributed by atoms with Crippen LogP contribution < -0.4 is 20.3 Å². The van der Waals surface area contributed by atoms with E-state index < -0.39 is 11.9 Å². The molecule has 3 N–H and O–H groups in total. The molecule has 4 heterocycles. The first-order chi connectivity index (χ1) is 32.2. The van der Waals surface area contributed by atoms with E-state index in [0.29, 0.717) is 50.8 Å². The van der Waals surface area contributed by atoms with Gasteiger partial charge in [-0.25, -0.2) is 9.97 Å². The lowest BCUT2D eigenvalue weighted by molar-refractivity contribution is -0.125. The van der Waals surface area contributed by atoms with E-state index >= 15 is 0 Å². The third-order valence-corrected chi connectivity index (χ3v) is 13.1. The van der Waals surface area contributed by atoms with Crippen LogP contribution in [0.5, 0.6) is 11.5 Å². The number of hydrogen-bond donors (Lipinski definition) is 3. The zero-order chi connectivity index (χ0) is 46.4. The van der Waals surface area contributed by atoms with Crippen LogP contribution in [-0.2, 0) is 9.59 Å². The van der Waals surface area contributed by atoms with Gasteiger partial charge in [-0.15, -0.1) is 0 Å². The molecule has 2 saturated heterocycles. The number of halogens is 1. The zero-order valence-corrected chi connectivity index (χ0v) is 38.6. The second-order valence-electron chi connectivity index (χ2n) is 17.1. The maximum atomic E-state index is 13.8. The molecule has 0 radical (unpaired) electrons. The highest BCUT2D eigenvalue weighted by atomic mass is 35.5. The Kier molecular flexibility index (Phi) is 16.9. The van der Waals surface area contributed by atoms with Gasteiger partial charge in [0.05, 0.1) is 21.5 Å². The van der Waals surface area contributed by atoms with Crippen molar-refractivity contribution in [2.24, 2.45) is 0 Å². The number of carbonyl (C=O) groups is 5. The van der Waals surface area contributed by atoms with Crippen LogP contribution in [0.15, 0.2) is 79.3 Å². The Bertz CT molecular complexity index is 2450. The number of rotatable bonds is 22. The standard InChI is InChI=1S/C50H60ClN9O6/c1-52-49(64)44(14-11-29-61)57(2)50(65)40-17-15-37(30-35(40)33-62)60-27-25-59(26-28-60)22-10-5-3-4-9-21-58-23-19-36(20-24-58)56-48-45-42(32-53-47(45)54-34-55-48)46(63)41-18-16-39(31-43(41)51)66-38-12-7-6-8-13-38/h6-8,12-13,15-18,29-34,36,44H,3-5,9-11,14,19-28H2,1-2H3,(H,52,64)(H2,53,54,55,56). The summed E-state index contributed by atoms with van der Waals surface area (Å²) in [6, 6.07) is 19.2. The maximum Gasteiger partial charge on any atom is 0.255 e. The smallest absolute Gasteiger partial charge is 0.255 e. The number of fused-ring (bicyclic) bond motifs is 1. The summed E-state index contributed by atoms with van der Waals surface area (Å²) in [5.41, 5.74) is 2.84. The van der Waals surface area contributed by atoms with Gasteiger partial charge in [0.2, 0.25) is 5.91 Å². The van der Waals surface area contributed by atoms with Gasteiger partial charge in [0.1, 0.15) is 41.6 Å². The van der Waals surface area contributed by atoms with Gasteiger partial charge in [-0.05, 0) is 87.7 Å². The largest absolute Gasteiger partial charge is 0.457 e. The highest BCUT2D eigenvalue weighted by molar-refractivity contribution is 6.35. The molecule has 5 aromatic rings. The molecule has 1 unspecified atom stereocenters. The van der Waals surface area contributed by atoms with Gasteiger partial charge in [-0.1, -0.05) is 49.1 Å². The fourth-order valence-electron chi connectivity index (χ4n) is 8.95. The van der Waals surface area contributed by atoms with Crippen molar-refractivity contribution in [2.45, 2.75) is 69.9 Å². The summed E-state index contributed by atoms with van der Waals surface area (Å²) in [6.07, 6.45) is 12.9. The fourth-order valence-corrected chi connectivity index (χ4v) is 9.21. The van der Waals surface area contributed by atoms with E-state index in [1.54, 1.807) is 36.5 Å². The average Bonchev–Trinajstić information content (AvgIpc) is 3.79. The Morgan fingerprint density at radius 1 is 0.848 bits per heavy atom. The van der Waals surface area contributed by atoms with Crippen molar-refractivity contribution in [1.29, 1.82) is 0 Å². The lowest BCUT2D eigenvalue weighted by atomic mass is 10.0. The Balaban J connectivity index is 0.790. The fraction of sp³-hybridized carbons (Fsp3) is 0.420. The highest BCUT2D eigenvalue weighted by Crippen LogP contribution is 2.32. The van der Waals surface area contributed by atoms with Crippen LogP contribution in [0.3, 0.4) is 0 Å². The van der Waals surface area contributed by atoms with Crippen molar-refractivity contribution in [3.05, 3.63) is 107 Å². The molecule has 2 fully saturated rings. The van der Waals surface area contributed by atoms with Gasteiger partial charge < -0.3 is 39.8 Å². The first kappa shape index (κ1) is 47.8. The Hall–Kier alpha value is -6.16. The number of aromatic nitrogens is 3. The number of ketones is 1. The predicted molar refractivity (Wildman–Crippen MR) is 257 cm³/mol. The Labute approximate surface area is 391 Å². The van der Waals surface area contributed by atoms with Crippen LogP contribution in [0.2, 0.25) is 5.02 Å². The highest BCUT2D eigenvalue weighted by Gasteiger charge is 2.29. The molecular weight excluding hydrogens is 858 g/mol. The molecule has 2 aromatic heterocycles. The molecule has 1 atom stereocenters. The summed E-state index contributed by atoms with van der Waals surface area (Å²) in [5.74, 6) is 0.859. The molecule has 0 aliphatic carbocycles. The quantitative estimate of drug-likeness (QED) is 0.0361. The number of ether oxygens (including phenoxy) is 1. The number of piperidine rings is 1. The lowest BCUT2D eigenvalue weighted by Gasteiger charge is -2.36. The van der Waals surface area contributed by atoms with E-state index in [9.17, 15) is 24.0 Å². The summed E-state index contributed by atoms with van der Waals surface area (Å²) >= 11 is 6.64. The van der Waals surface area contributed by atoms with Crippen LogP contribution in [0, 0.1) is 0 Å². The summed E-state index contributed by atoms with van der Waals surface area (Å²) in [7, 11) is 3.01. The van der Waals surface area contributed by atoms with E-state index in [1.807, 2.05) is 36.4 Å².